The zero-order valence-electron chi connectivity index (χ0n) is 14.8. The van der Waals surface area contributed by atoms with Crippen molar-refractivity contribution in [3.8, 4) is 0 Å². The zero-order valence-corrected chi connectivity index (χ0v) is 14.8. The summed E-state index contributed by atoms with van der Waals surface area (Å²) in [4.78, 5) is 7.99. The van der Waals surface area contributed by atoms with Gasteiger partial charge in [0.2, 0.25) is 0 Å². The summed E-state index contributed by atoms with van der Waals surface area (Å²) in [6.45, 7) is -1.05. The van der Waals surface area contributed by atoms with Gasteiger partial charge in [0, 0.05) is 30.2 Å². The SMILES string of the molecule is Fc1ccc2c(CCN(Cc3ccccc3)OCC(F)(F)C(F)F)c[nH]c2c1. The van der Waals surface area contributed by atoms with Crippen LogP contribution in [0.5, 0.6) is 0 Å². The Hall–Kier alpha value is -2.45. The Morgan fingerprint density at radius 1 is 1.07 bits per heavy atom. The highest BCUT2D eigenvalue weighted by atomic mass is 19.3. The number of rotatable bonds is 9. The summed E-state index contributed by atoms with van der Waals surface area (Å²) >= 11 is 0. The summed E-state index contributed by atoms with van der Waals surface area (Å²) in [7, 11) is 0. The Kier molecular flexibility index (Phi) is 6.31. The summed E-state index contributed by atoms with van der Waals surface area (Å²) in [6, 6.07) is 13.3. The second-order valence-electron chi connectivity index (χ2n) is 6.44. The molecule has 0 radical (unpaired) electrons. The Morgan fingerprint density at radius 2 is 1.82 bits per heavy atom. The van der Waals surface area contributed by atoms with Gasteiger partial charge in [0.1, 0.15) is 12.4 Å². The van der Waals surface area contributed by atoms with Crippen molar-refractivity contribution in [2.75, 3.05) is 13.2 Å². The van der Waals surface area contributed by atoms with Crippen LogP contribution in [0.3, 0.4) is 0 Å². The molecule has 0 atom stereocenters. The van der Waals surface area contributed by atoms with Crippen molar-refractivity contribution in [1.29, 1.82) is 0 Å². The maximum atomic E-state index is 13.3. The third kappa shape index (κ3) is 5.08. The Balaban J connectivity index is 1.70. The van der Waals surface area contributed by atoms with Crippen molar-refractivity contribution < 1.29 is 26.8 Å². The van der Waals surface area contributed by atoms with Crippen LogP contribution in [0.1, 0.15) is 11.1 Å². The molecule has 3 aromatic rings. The molecular formula is C20H19F5N2O. The van der Waals surface area contributed by atoms with Gasteiger partial charge in [-0.05, 0) is 35.7 Å². The molecular weight excluding hydrogens is 379 g/mol. The number of hydroxylamine groups is 2. The first-order valence-corrected chi connectivity index (χ1v) is 8.68. The molecule has 3 rings (SSSR count). The largest absolute Gasteiger partial charge is 0.361 e. The monoisotopic (exact) mass is 398 g/mol. The molecule has 0 aliphatic rings. The Morgan fingerprint density at radius 3 is 2.54 bits per heavy atom. The normalized spacial score (nSPS) is 12.4. The number of aromatic nitrogens is 1. The third-order valence-electron chi connectivity index (χ3n) is 4.32. The van der Waals surface area contributed by atoms with Crippen molar-refractivity contribution in [2.45, 2.75) is 25.3 Å². The van der Waals surface area contributed by atoms with Gasteiger partial charge in [-0.1, -0.05) is 30.3 Å². The lowest BCUT2D eigenvalue weighted by molar-refractivity contribution is -0.245. The molecule has 0 aliphatic heterocycles. The highest BCUT2D eigenvalue weighted by Gasteiger charge is 2.41. The average molecular weight is 398 g/mol. The van der Waals surface area contributed by atoms with Crippen molar-refractivity contribution in [3.63, 3.8) is 0 Å². The zero-order chi connectivity index (χ0) is 20.1. The van der Waals surface area contributed by atoms with Crippen molar-refractivity contribution >= 4 is 10.9 Å². The number of fused-ring (bicyclic) bond motifs is 1. The maximum absolute atomic E-state index is 13.3. The van der Waals surface area contributed by atoms with Gasteiger partial charge in [-0.15, -0.1) is 0 Å². The van der Waals surface area contributed by atoms with E-state index >= 15 is 0 Å². The summed E-state index contributed by atoms with van der Waals surface area (Å²) in [5.74, 6) is -4.60. The molecule has 3 nitrogen and oxygen atoms in total. The van der Waals surface area contributed by atoms with E-state index in [1.807, 2.05) is 6.07 Å². The second-order valence-corrected chi connectivity index (χ2v) is 6.44. The van der Waals surface area contributed by atoms with Crippen LogP contribution in [-0.2, 0) is 17.8 Å². The van der Waals surface area contributed by atoms with Crippen LogP contribution < -0.4 is 0 Å². The topological polar surface area (TPSA) is 28.3 Å². The van der Waals surface area contributed by atoms with Crippen molar-refractivity contribution in [2.24, 2.45) is 0 Å². The molecule has 8 heteroatoms. The van der Waals surface area contributed by atoms with Crippen LogP contribution in [0.2, 0.25) is 0 Å². The van der Waals surface area contributed by atoms with E-state index in [1.54, 1.807) is 36.5 Å². The van der Waals surface area contributed by atoms with E-state index < -0.39 is 19.0 Å². The predicted octanol–water partition coefficient (Wildman–Crippen LogP) is 5.18. The van der Waals surface area contributed by atoms with Gasteiger partial charge in [-0.25, -0.2) is 13.2 Å². The van der Waals surface area contributed by atoms with E-state index in [1.165, 1.54) is 17.2 Å². The fraction of sp³-hybridized carbons (Fsp3) is 0.300. The van der Waals surface area contributed by atoms with E-state index in [0.717, 1.165) is 16.5 Å². The minimum absolute atomic E-state index is 0.164. The lowest BCUT2D eigenvalue weighted by Gasteiger charge is -2.24. The number of aromatic amines is 1. The Bertz CT molecular complexity index is 898. The number of alkyl halides is 4. The highest BCUT2D eigenvalue weighted by molar-refractivity contribution is 5.83. The molecule has 0 saturated carbocycles. The van der Waals surface area contributed by atoms with Crippen molar-refractivity contribution in [3.05, 3.63) is 71.7 Å². The maximum Gasteiger partial charge on any atom is 0.332 e. The van der Waals surface area contributed by atoms with E-state index in [-0.39, 0.29) is 18.9 Å². The lowest BCUT2D eigenvalue weighted by Crippen LogP contribution is -2.37. The summed E-state index contributed by atoms with van der Waals surface area (Å²) < 4.78 is 64.7. The lowest BCUT2D eigenvalue weighted by atomic mass is 10.1. The first-order valence-electron chi connectivity index (χ1n) is 8.68. The molecule has 2 aromatic carbocycles. The third-order valence-corrected chi connectivity index (χ3v) is 4.32. The van der Waals surface area contributed by atoms with Gasteiger partial charge in [-0.3, -0.25) is 4.84 Å². The highest BCUT2D eigenvalue weighted by Crippen LogP contribution is 2.24. The number of nitrogens with one attached hydrogen (secondary N) is 1. The number of hydrogen-bond donors (Lipinski definition) is 1. The molecule has 0 amide bonds. The quantitative estimate of drug-likeness (QED) is 0.397. The van der Waals surface area contributed by atoms with Crippen LogP contribution in [0, 0.1) is 5.82 Å². The molecule has 0 saturated heterocycles. The molecule has 0 unspecified atom stereocenters. The van der Waals surface area contributed by atoms with E-state index in [9.17, 15) is 22.0 Å². The molecule has 1 N–H and O–H groups in total. The number of hydrogen-bond acceptors (Lipinski definition) is 2. The van der Waals surface area contributed by atoms with Gasteiger partial charge in [0.25, 0.3) is 0 Å². The number of nitrogens with zero attached hydrogens (tertiary/aromatic N) is 1. The average Bonchev–Trinajstić information content (AvgIpc) is 3.06. The number of halogens is 5. The Labute approximate surface area is 158 Å². The van der Waals surface area contributed by atoms with Gasteiger partial charge in [-0.2, -0.15) is 13.8 Å². The molecule has 0 fully saturated rings. The van der Waals surface area contributed by atoms with Crippen LogP contribution in [-0.4, -0.2) is 35.5 Å². The molecule has 1 aromatic heterocycles. The summed E-state index contributed by atoms with van der Waals surface area (Å²) in [5, 5.41) is 2.05. The first-order chi connectivity index (χ1) is 13.3. The fourth-order valence-electron chi connectivity index (χ4n) is 2.83. The van der Waals surface area contributed by atoms with Gasteiger partial charge >= 0.3 is 12.3 Å². The standard InChI is InChI=1S/C20H19F5N2O/c21-16-6-7-17-15(11-26-18(17)10-16)8-9-27(12-14-4-2-1-3-5-14)28-13-20(24,25)19(22)23/h1-7,10-11,19,26H,8-9,12-13H2. The predicted molar refractivity (Wildman–Crippen MR) is 95.7 cm³/mol. The van der Waals surface area contributed by atoms with Crippen molar-refractivity contribution in [1.82, 2.24) is 10.0 Å². The van der Waals surface area contributed by atoms with Crippen LogP contribution in [0.15, 0.2) is 54.7 Å². The second kappa shape index (κ2) is 8.70. The number of benzene rings is 2. The van der Waals surface area contributed by atoms with Gasteiger partial charge in [0.05, 0.1) is 0 Å². The molecule has 0 aliphatic carbocycles. The summed E-state index contributed by atoms with van der Waals surface area (Å²) in [5.41, 5.74) is 2.26. The first kappa shape index (κ1) is 20.3. The van der Waals surface area contributed by atoms with Crippen LogP contribution >= 0.6 is 0 Å². The molecule has 1 heterocycles. The van der Waals surface area contributed by atoms with E-state index in [0.29, 0.717) is 11.9 Å². The van der Waals surface area contributed by atoms with Crippen LogP contribution in [0.4, 0.5) is 22.0 Å². The fourth-order valence-corrected chi connectivity index (χ4v) is 2.83. The molecule has 0 spiro atoms. The minimum Gasteiger partial charge on any atom is -0.361 e. The van der Waals surface area contributed by atoms with E-state index in [4.69, 9.17) is 4.84 Å². The number of H-pyrrole nitrogens is 1. The molecule has 0 bridgehead atoms. The van der Waals surface area contributed by atoms with Gasteiger partial charge in [0.15, 0.2) is 0 Å². The van der Waals surface area contributed by atoms with Crippen LogP contribution in [0.25, 0.3) is 10.9 Å². The van der Waals surface area contributed by atoms with Gasteiger partial charge < -0.3 is 4.98 Å². The molecule has 28 heavy (non-hydrogen) atoms. The summed E-state index contributed by atoms with van der Waals surface area (Å²) in [6.07, 6.45) is -1.69. The van der Waals surface area contributed by atoms with E-state index in [2.05, 4.69) is 4.98 Å². The molecule has 150 valence electrons. The smallest absolute Gasteiger partial charge is 0.332 e. The minimum atomic E-state index is -4.23.